The van der Waals surface area contributed by atoms with Gasteiger partial charge in [-0.05, 0) is 24.3 Å². The van der Waals surface area contributed by atoms with Gasteiger partial charge in [-0.15, -0.1) is 0 Å². The van der Waals surface area contributed by atoms with Crippen LogP contribution in [0.3, 0.4) is 0 Å². The number of nitrogens with zero attached hydrogens (tertiary/aromatic N) is 2. The summed E-state index contributed by atoms with van der Waals surface area (Å²) in [6, 6.07) is 17.5. The first-order valence-electron chi connectivity index (χ1n) is 6.87. The van der Waals surface area contributed by atoms with Gasteiger partial charge in [0.25, 0.3) is 0 Å². The first-order valence-corrected chi connectivity index (χ1v) is 6.87. The number of pyridine rings is 1. The van der Waals surface area contributed by atoms with E-state index in [0.717, 1.165) is 5.39 Å². The van der Waals surface area contributed by atoms with E-state index in [1.54, 1.807) is 12.1 Å². The molecule has 0 bridgehead atoms. The summed E-state index contributed by atoms with van der Waals surface area (Å²) < 4.78 is 10.5. The van der Waals surface area contributed by atoms with E-state index < -0.39 is 5.97 Å². The Labute approximate surface area is 132 Å². The van der Waals surface area contributed by atoms with Gasteiger partial charge in [0.2, 0.25) is 0 Å². The Hall–Kier alpha value is -3.39. The van der Waals surface area contributed by atoms with Crippen LogP contribution in [0.4, 0.5) is 0 Å². The Morgan fingerprint density at radius 2 is 1.91 bits per heavy atom. The monoisotopic (exact) mass is 304 g/mol. The normalized spacial score (nSPS) is 10.1. The molecule has 3 rings (SSSR count). The van der Waals surface area contributed by atoms with E-state index >= 15 is 0 Å². The number of carbonyl (C=O) groups is 1. The minimum absolute atomic E-state index is 0.204. The van der Waals surface area contributed by atoms with Crippen LogP contribution in [0.25, 0.3) is 10.9 Å². The molecule has 0 aliphatic carbocycles. The molecule has 1 heterocycles. The van der Waals surface area contributed by atoms with Crippen LogP contribution >= 0.6 is 0 Å². The maximum atomic E-state index is 12.3. The van der Waals surface area contributed by atoms with E-state index in [9.17, 15) is 4.79 Å². The zero-order valence-electron chi connectivity index (χ0n) is 12.3. The van der Waals surface area contributed by atoms with Gasteiger partial charge in [-0.1, -0.05) is 24.3 Å². The third-order valence-corrected chi connectivity index (χ3v) is 3.30. The van der Waals surface area contributed by atoms with Crippen LogP contribution < -0.4 is 9.47 Å². The highest BCUT2D eigenvalue weighted by atomic mass is 16.6. The number of ether oxygens (including phenoxy) is 2. The van der Waals surface area contributed by atoms with Crippen LogP contribution in [0, 0.1) is 11.3 Å². The van der Waals surface area contributed by atoms with Crippen molar-refractivity contribution in [3.05, 3.63) is 65.9 Å². The van der Waals surface area contributed by atoms with E-state index in [-0.39, 0.29) is 11.4 Å². The van der Waals surface area contributed by atoms with Crippen molar-refractivity contribution in [2.24, 2.45) is 0 Å². The predicted octanol–water partition coefficient (Wildman–Crippen LogP) is 3.33. The second-order valence-corrected chi connectivity index (χ2v) is 4.76. The lowest BCUT2D eigenvalue weighted by molar-refractivity contribution is 0.0724. The Morgan fingerprint density at radius 3 is 2.70 bits per heavy atom. The number of aromatic nitrogens is 1. The van der Waals surface area contributed by atoms with Crippen molar-refractivity contribution in [1.29, 1.82) is 5.26 Å². The van der Waals surface area contributed by atoms with Crippen LogP contribution in [-0.4, -0.2) is 18.1 Å². The molecule has 5 heteroatoms. The van der Waals surface area contributed by atoms with Gasteiger partial charge in [0, 0.05) is 11.5 Å². The second-order valence-electron chi connectivity index (χ2n) is 4.76. The van der Waals surface area contributed by atoms with Crippen molar-refractivity contribution >= 4 is 16.9 Å². The minimum atomic E-state index is -0.584. The van der Waals surface area contributed by atoms with Crippen LogP contribution in [0.2, 0.25) is 0 Å². The second kappa shape index (κ2) is 6.16. The molecule has 0 saturated carbocycles. The third-order valence-electron chi connectivity index (χ3n) is 3.30. The van der Waals surface area contributed by atoms with Gasteiger partial charge in [-0.2, -0.15) is 5.26 Å². The summed E-state index contributed by atoms with van der Waals surface area (Å²) in [5.41, 5.74) is 1.34. The smallest absolute Gasteiger partial charge is 0.362 e. The summed E-state index contributed by atoms with van der Waals surface area (Å²) in [5.74, 6) is -0.0246. The van der Waals surface area contributed by atoms with Crippen molar-refractivity contribution in [3.63, 3.8) is 0 Å². The largest absolute Gasteiger partial charge is 0.493 e. The van der Waals surface area contributed by atoms with Crippen LogP contribution in [0.1, 0.15) is 16.1 Å². The summed E-state index contributed by atoms with van der Waals surface area (Å²) in [4.78, 5) is 16.6. The van der Waals surface area contributed by atoms with Crippen molar-refractivity contribution in [1.82, 2.24) is 4.98 Å². The zero-order chi connectivity index (χ0) is 16.2. The Bertz CT molecular complexity index is 929. The summed E-state index contributed by atoms with van der Waals surface area (Å²) in [6.45, 7) is 0. The molecule has 0 N–H and O–H groups in total. The van der Waals surface area contributed by atoms with Crippen LogP contribution in [0.15, 0.2) is 54.6 Å². The molecule has 1 aromatic heterocycles. The van der Waals surface area contributed by atoms with Crippen molar-refractivity contribution in [2.45, 2.75) is 0 Å². The fourth-order valence-corrected chi connectivity index (χ4v) is 2.15. The Morgan fingerprint density at radius 1 is 1.09 bits per heavy atom. The molecule has 3 aromatic rings. The summed E-state index contributed by atoms with van der Waals surface area (Å²) >= 11 is 0. The fourth-order valence-electron chi connectivity index (χ4n) is 2.15. The van der Waals surface area contributed by atoms with E-state index in [4.69, 9.17) is 14.7 Å². The number of carbonyl (C=O) groups excluding carboxylic acids is 1. The first kappa shape index (κ1) is 14.5. The summed E-state index contributed by atoms with van der Waals surface area (Å²) in [5, 5.41) is 9.83. The van der Waals surface area contributed by atoms with Gasteiger partial charge >= 0.3 is 5.97 Å². The summed E-state index contributed by atoms with van der Waals surface area (Å²) in [7, 11) is 1.45. The highest BCUT2D eigenvalue weighted by Gasteiger charge is 2.14. The van der Waals surface area contributed by atoms with Gasteiger partial charge in [-0.3, -0.25) is 0 Å². The minimum Gasteiger partial charge on any atom is -0.493 e. The zero-order valence-corrected chi connectivity index (χ0v) is 12.3. The molecule has 0 amide bonds. The molecule has 0 saturated heterocycles. The number of nitriles is 1. The molecule has 0 fully saturated rings. The van der Waals surface area contributed by atoms with Gasteiger partial charge in [0.1, 0.15) is 5.69 Å². The highest BCUT2D eigenvalue weighted by Crippen LogP contribution is 2.28. The van der Waals surface area contributed by atoms with E-state index in [2.05, 4.69) is 4.98 Å². The average molecular weight is 304 g/mol. The van der Waals surface area contributed by atoms with Crippen LogP contribution in [-0.2, 0) is 0 Å². The number of para-hydroxylation sites is 1. The molecule has 0 spiro atoms. The maximum absolute atomic E-state index is 12.3. The Balaban J connectivity index is 1.90. The number of fused-ring (bicyclic) bond motifs is 1. The quantitative estimate of drug-likeness (QED) is 0.548. The lowest BCUT2D eigenvalue weighted by Crippen LogP contribution is -2.11. The number of rotatable bonds is 3. The summed E-state index contributed by atoms with van der Waals surface area (Å²) in [6.07, 6.45) is 0. The number of esters is 1. The Kier molecular flexibility index (Phi) is 3.89. The highest BCUT2D eigenvalue weighted by molar-refractivity contribution is 5.92. The average Bonchev–Trinajstić information content (AvgIpc) is 2.61. The van der Waals surface area contributed by atoms with Gasteiger partial charge in [-0.25, -0.2) is 9.78 Å². The molecule has 0 unspecified atom stereocenters. The fraction of sp³-hybridized carbons (Fsp3) is 0.0556. The molecule has 0 aliphatic rings. The molecule has 0 radical (unpaired) electrons. The SMILES string of the molecule is COc1cc(C#N)ccc1OC(=O)c1ccc2ccccc2n1. The van der Waals surface area contributed by atoms with Crippen molar-refractivity contribution in [2.75, 3.05) is 7.11 Å². The number of benzene rings is 2. The van der Waals surface area contributed by atoms with Gasteiger partial charge < -0.3 is 9.47 Å². The third kappa shape index (κ3) is 2.97. The number of methoxy groups -OCH3 is 1. The molecule has 23 heavy (non-hydrogen) atoms. The molecule has 0 atom stereocenters. The predicted molar refractivity (Wildman–Crippen MR) is 84.4 cm³/mol. The molecule has 2 aromatic carbocycles. The van der Waals surface area contributed by atoms with Crippen LogP contribution in [0.5, 0.6) is 11.5 Å². The topological polar surface area (TPSA) is 72.2 Å². The lowest BCUT2D eigenvalue weighted by atomic mass is 10.2. The number of hydrogen-bond acceptors (Lipinski definition) is 5. The van der Waals surface area contributed by atoms with Crippen molar-refractivity contribution in [3.8, 4) is 17.6 Å². The van der Waals surface area contributed by atoms with Gasteiger partial charge in [0.15, 0.2) is 11.5 Å². The molecular formula is C18H12N2O3. The van der Waals surface area contributed by atoms with E-state index in [0.29, 0.717) is 16.8 Å². The van der Waals surface area contributed by atoms with Crippen molar-refractivity contribution < 1.29 is 14.3 Å². The maximum Gasteiger partial charge on any atom is 0.362 e. The molecule has 0 aliphatic heterocycles. The molecule has 112 valence electrons. The lowest BCUT2D eigenvalue weighted by Gasteiger charge is -2.09. The standard InChI is InChI=1S/C18H12N2O3/c1-22-17-10-12(11-19)6-9-16(17)23-18(21)15-8-7-13-4-2-3-5-14(13)20-15/h2-10H,1H3. The number of hydrogen-bond donors (Lipinski definition) is 0. The first-order chi connectivity index (χ1) is 11.2. The van der Waals surface area contributed by atoms with Gasteiger partial charge in [0.05, 0.1) is 24.3 Å². The molecular weight excluding hydrogens is 292 g/mol. The van der Waals surface area contributed by atoms with E-state index in [1.165, 1.54) is 19.2 Å². The molecule has 5 nitrogen and oxygen atoms in total. The van der Waals surface area contributed by atoms with E-state index in [1.807, 2.05) is 36.4 Å².